The van der Waals surface area contributed by atoms with Gasteiger partial charge in [0.1, 0.15) is 5.82 Å². The second-order valence-electron chi connectivity index (χ2n) is 5.32. The lowest BCUT2D eigenvalue weighted by Crippen LogP contribution is -2.49. The van der Waals surface area contributed by atoms with Crippen molar-refractivity contribution in [2.75, 3.05) is 44.2 Å². The number of hydrogen-bond donors (Lipinski definition) is 1. The number of nitrogens with zero attached hydrogens (tertiary/aromatic N) is 3. The van der Waals surface area contributed by atoms with Gasteiger partial charge in [-0.15, -0.1) is 0 Å². The van der Waals surface area contributed by atoms with Crippen LogP contribution in [0.2, 0.25) is 0 Å². The molecule has 0 aliphatic carbocycles. The van der Waals surface area contributed by atoms with Gasteiger partial charge >= 0.3 is 0 Å². The van der Waals surface area contributed by atoms with E-state index in [0.29, 0.717) is 6.04 Å². The summed E-state index contributed by atoms with van der Waals surface area (Å²) >= 11 is 0. The molecule has 0 aromatic carbocycles. The number of hydrogen-bond acceptors (Lipinski definition) is 4. The van der Waals surface area contributed by atoms with Crippen molar-refractivity contribution < 1.29 is 0 Å². The first kappa shape index (κ1) is 11.9. The van der Waals surface area contributed by atoms with E-state index in [1.54, 1.807) is 0 Å². The van der Waals surface area contributed by atoms with Crippen LogP contribution >= 0.6 is 0 Å². The van der Waals surface area contributed by atoms with Crippen LogP contribution in [-0.2, 0) is 0 Å². The summed E-state index contributed by atoms with van der Waals surface area (Å²) in [5.74, 6) is 1.18. The number of aromatic nitrogens is 1. The van der Waals surface area contributed by atoms with Gasteiger partial charge in [0, 0.05) is 51.5 Å². The standard InChI is InChI=1S/C14H22N4/c1-12-3-2-5-16-14(12)18-8-4-13(11-18)17-9-6-15-7-10-17/h2-3,5,13,15H,4,6-11H2,1H3. The van der Waals surface area contributed by atoms with Crippen LogP contribution in [0.3, 0.4) is 0 Å². The van der Waals surface area contributed by atoms with E-state index in [4.69, 9.17) is 0 Å². The topological polar surface area (TPSA) is 31.4 Å². The zero-order valence-electron chi connectivity index (χ0n) is 11.1. The normalized spacial score (nSPS) is 25.6. The molecule has 0 spiro atoms. The molecule has 0 amide bonds. The first-order valence-electron chi connectivity index (χ1n) is 6.96. The fourth-order valence-corrected chi connectivity index (χ4v) is 3.09. The Bertz CT molecular complexity index is 401. The average molecular weight is 246 g/mol. The van der Waals surface area contributed by atoms with Gasteiger partial charge in [-0.2, -0.15) is 0 Å². The van der Waals surface area contributed by atoms with Gasteiger partial charge in [-0.25, -0.2) is 4.98 Å². The van der Waals surface area contributed by atoms with Gasteiger partial charge in [0.25, 0.3) is 0 Å². The number of rotatable bonds is 2. The van der Waals surface area contributed by atoms with Crippen molar-refractivity contribution in [3.63, 3.8) is 0 Å². The summed E-state index contributed by atoms with van der Waals surface area (Å²) in [7, 11) is 0. The molecule has 1 N–H and O–H groups in total. The highest BCUT2D eigenvalue weighted by atomic mass is 15.3. The minimum Gasteiger partial charge on any atom is -0.355 e. The molecular formula is C14H22N4. The lowest BCUT2D eigenvalue weighted by Gasteiger charge is -2.32. The van der Waals surface area contributed by atoms with E-state index in [0.717, 1.165) is 26.2 Å². The lowest BCUT2D eigenvalue weighted by atomic mass is 10.2. The molecule has 18 heavy (non-hydrogen) atoms. The first-order valence-corrected chi connectivity index (χ1v) is 6.96. The van der Waals surface area contributed by atoms with Crippen LogP contribution < -0.4 is 10.2 Å². The van der Waals surface area contributed by atoms with E-state index >= 15 is 0 Å². The summed E-state index contributed by atoms with van der Waals surface area (Å²) in [4.78, 5) is 9.62. The third-order valence-corrected chi connectivity index (χ3v) is 4.11. The maximum Gasteiger partial charge on any atom is 0.131 e. The number of pyridine rings is 1. The van der Waals surface area contributed by atoms with Crippen LogP contribution in [0.4, 0.5) is 5.82 Å². The second kappa shape index (κ2) is 5.24. The highest BCUT2D eigenvalue weighted by Crippen LogP contribution is 2.23. The number of piperazine rings is 1. The van der Waals surface area contributed by atoms with Crippen LogP contribution in [0.1, 0.15) is 12.0 Å². The fraction of sp³-hybridized carbons (Fsp3) is 0.643. The van der Waals surface area contributed by atoms with E-state index in [2.05, 4.69) is 33.1 Å². The van der Waals surface area contributed by atoms with Crippen LogP contribution in [0.5, 0.6) is 0 Å². The zero-order valence-corrected chi connectivity index (χ0v) is 11.1. The molecule has 0 radical (unpaired) electrons. The van der Waals surface area contributed by atoms with Gasteiger partial charge in [-0.05, 0) is 25.0 Å². The van der Waals surface area contributed by atoms with E-state index in [1.807, 2.05) is 12.3 Å². The van der Waals surface area contributed by atoms with E-state index in [-0.39, 0.29) is 0 Å². The number of anilines is 1. The third kappa shape index (κ3) is 2.35. The van der Waals surface area contributed by atoms with Crippen LogP contribution in [0, 0.1) is 6.92 Å². The summed E-state index contributed by atoms with van der Waals surface area (Å²) in [6.07, 6.45) is 3.18. The largest absolute Gasteiger partial charge is 0.355 e. The van der Waals surface area contributed by atoms with Gasteiger partial charge in [0.05, 0.1) is 0 Å². The zero-order chi connectivity index (χ0) is 12.4. The Balaban J connectivity index is 1.66. The molecule has 2 aliphatic heterocycles. The van der Waals surface area contributed by atoms with Crippen LogP contribution in [0.25, 0.3) is 0 Å². The van der Waals surface area contributed by atoms with Crippen molar-refractivity contribution in [2.24, 2.45) is 0 Å². The highest BCUT2D eigenvalue weighted by Gasteiger charge is 2.29. The number of aryl methyl sites for hydroxylation is 1. The van der Waals surface area contributed by atoms with Gasteiger partial charge in [-0.1, -0.05) is 6.07 Å². The monoisotopic (exact) mass is 246 g/mol. The minimum atomic E-state index is 0.716. The number of nitrogens with one attached hydrogen (secondary N) is 1. The second-order valence-corrected chi connectivity index (χ2v) is 5.32. The molecule has 0 saturated carbocycles. The first-order chi connectivity index (χ1) is 8.84. The van der Waals surface area contributed by atoms with E-state index < -0.39 is 0 Å². The quantitative estimate of drug-likeness (QED) is 0.839. The van der Waals surface area contributed by atoms with Crippen molar-refractivity contribution in [3.8, 4) is 0 Å². The predicted octanol–water partition coefficient (Wildman–Crippen LogP) is 0.874. The molecule has 3 rings (SSSR count). The Morgan fingerprint density at radius 1 is 1.28 bits per heavy atom. The van der Waals surface area contributed by atoms with Crippen LogP contribution in [-0.4, -0.2) is 55.2 Å². The molecule has 1 aromatic heterocycles. The van der Waals surface area contributed by atoms with Gasteiger partial charge in [0.2, 0.25) is 0 Å². The molecule has 3 heterocycles. The van der Waals surface area contributed by atoms with Crippen molar-refractivity contribution >= 4 is 5.82 Å². The summed E-state index contributed by atoms with van der Waals surface area (Å²) in [6, 6.07) is 4.89. The maximum atomic E-state index is 4.53. The Morgan fingerprint density at radius 3 is 2.89 bits per heavy atom. The minimum absolute atomic E-state index is 0.716. The summed E-state index contributed by atoms with van der Waals surface area (Å²) in [6.45, 7) is 9.10. The fourth-order valence-electron chi connectivity index (χ4n) is 3.09. The molecule has 2 fully saturated rings. The maximum absolute atomic E-state index is 4.53. The highest BCUT2D eigenvalue weighted by molar-refractivity contribution is 5.47. The Hall–Kier alpha value is -1.13. The van der Waals surface area contributed by atoms with Crippen LogP contribution in [0.15, 0.2) is 18.3 Å². The molecule has 2 saturated heterocycles. The molecule has 1 aromatic rings. The molecular weight excluding hydrogens is 224 g/mol. The molecule has 4 heteroatoms. The Kier molecular flexibility index (Phi) is 3.48. The van der Waals surface area contributed by atoms with E-state index in [9.17, 15) is 0 Å². The van der Waals surface area contributed by atoms with Crippen molar-refractivity contribution in [3.05, 3.63) is 23.9 Å². The lowest BCUT2D eigenvalue weighted by molar-refractivity contribution is 0.185. The predicted molar refractivity (Wildman–Crippen MR) is 74.0 cm³/mol. The van der Waals surface area contributed by atoms with Crippen molar-refractivity contribution in [1.29, 1.82) is 0 Å². The van der Waals surface area contributed by atoms with Gasteiger partial charge in [-0.3, -0.25) is 4.90 Å². The summed E-state index contributed by atoms with van der Waals surface area (Å²) in [5, 5.41) is 3.42. The molecule has 1 atom stereocenters. The molecule has 2 aliphatic rings. The Morgan fingerprint density at radius 2 is 2.11 bits per heavy atom. The SMILES string of the molecule is Cc1cccnc1N1CCC(N2CCNCC2)C1. The summed E-state index contributed by atoms with van der Waals surface area (Å²) in [5.41, 5.74) is 1.29. The van der Waals surface area contributed by atoms with E-state index in [1.165, 1.54) is 30.9 Å². The summed E-state index contributed by atoms with van der Waals surface area (Å²) < 4.78 is 0. The molecule has 98 valence electrons. The van der Waals surface area contributed by atoms with Crippen molar-refractivity contribution in [2.45, 2.75) is 19.4 Å². The van der Waals surface area contributed by atoms with Gasteiger partial charge < -0.3 is 10.2 Å². The Labute approximate surface area is 109 Å². The smallest absolute Gasteiger partial charge is 0.131 e. The molecule has 1 unspecified atom stereocenters. The molecule has 0 bridgehead atoms. The molecule has 4 nitrogen and oxygen atoms in total. The van der Waals surface area contributed by atoms with Crippen molar-refractivity contribution in [1.82, 2.24) is 15.2 Å². The van der Waals surface area contributed by atoms with Gasteiger partial charge in [0.15, 0.2) is 0 Å². The third-order valence-electron chi connectivity index (χ3n) is 4.11. The average Bonchev–Trinajstić information content (AvgIpc) is 2.90.